The van der Waals surface area contributed by atoms with E-state index in [9.17, 15) is 26.7 Å². The van der Waals surface area contributed by atoms with Gasteiger partial charge in [0.15, 0.2) is 5.78 Å². The highest BCUT2D eigenvalue weighted by molar-refractivity contribution is 5.99. The second-order valence-corrected chi connectivity index (χ2v) is 6.10. The molecule has 1 aliphatic heterocycles. The van der Waals surface area contributed by atoms with Crippen molar-refractivity contribution in [1.29, 1.82) is 0 Å². The Bertz CT molecular complexity index is 926. The maximum atomic E-state index is 13.7. The van der Waals surface area contributed by atoms with Gasteiger partial charge in [0.25, 0.3) is 5.82 Å². The predicted molar refractivity (Wildman–Crippen MR) is 79.0 cm³/mol. The second kappa shape index (κ2) is 5.61. The predicted octanol–water partition coefficient (Wildman–Crippen LogP) is 3.60. The first-order valence-corrected chi connectivity index (χ1v) is 7.77. The number of nitrogens with zero attached hydrogens (tertiary/aromatic N) is 3. The van der Waals surface area contributed by atoms with Crippen LogP contribution in [-0.4, -0.2) is 20.5 Å². The van der Waals surface area contributed by atoms with Gasteiger partial charge in [-0.1, -0.05) is 0 Å². The molecular formula is C16H11F5N4O. The van der Waals surface area contributed by atoms with Gasteiger partial charge in [0.2, 0.25) is 5.95 Å². The molecule has 0 radical (unpaired) electrons. The zero-order valence-electron chi connectivity index (χ0n) is 13.1. The van der Waals surface area contributed by atoms with E-state index in [4.69, 9.17) is 0 Å². The van der Waals surface area contributed by atoms with E-state index in [0.717, 1.165) is 16.8 Å². The summed E-state index contributed by atoms with van der Waals surface area (Å²) in [5.41, 5.74) is 0.559. The Morgan fingerprint density at radius 2 is 1.81 bits per heavy atom. The van der Waals surface area contributed by atoms with E-state index in [1.54, 1.807) is 0 Å². The Hall–Kier alpha value is -2.78. The number of anilines is 1. The Balaban J connectivity index is 1.94. The number of ketones is 1. The van der Waals surface area contributed by atoms with Gasteiger partial charge in [-0.25, -0.2) is 13.5 Å². The summed E-state index contributed by atoms with van der Waals surface area (Å²) in [6.07, 6.45) is -3.65. The van der Waals surface area contributed by atoms with Crippen LogP contribution in [-0.2, 0) is 11.0 Å². The first kappa shape index (κ1) is 16.7. The number of carbonyl (C=O) groups is 1. The molecule has 10 heteroatoms. The van der Waals surface area contributed by atoms with Gasteiger partial charge >= 0.3 is 6.18 Å². The minimum Gasteiger partial charge on any atom is -0.328 e. The van der Waals surface area contributed by atoms with Crippen LogP contribution in [0.25, 0.3) is 0 Å². The number of aromatic nitrogens is 3. The monoisotopic (exact) mass is 370 g/mol. The first-order valence-electron chi connectivity index (χ1n) is 7.77. The number of allylic oxidation sites excluding steroid dienone is 2. The fourth-order valence-corrected chi connectivity index (χ4v) is 3.32. The van der Waals surface area contributed by atoms with Gasteiger partial charge in [-0.2, -0.15) is 18.2 Å². The molecule has 0 spiro atoms. The van der Waals surface area contributed by atoms with Crippen LogP contribution in [0.1, 0.15) is 36.7 Å². The normalized spacial score (nSPS) is 19.9. The molecule has 0 unspecified atom stereocenters. The summed E-state index contributed by atoms with van der Waals surface area (Å²) in [4.78, 5) is 15.9. The standard InChI is InChI=1S/C16H11F5N4O/c17-8-4-7(5-9(18)6-8)13-12-10(2-1-3-11(12)26)22-15-23-14(16(19,20)21)24-25(13)15/h4-6,13H,1-3H2,(H,22,23,24)/t13-/m0/s1. The molecule has 4 rings (SSSR count). The van der Waals surface area contributed by atoms with E-state index in [-0.39, 0.29) is 29.3 Å². The van der Waals surface area contributed by atoms with Gasteiger partial charge in [0.1, 0.15) is 17.7 Å². The van der Waals surface area contributed by atoms with Crippen LogP contribution in [0.4, 0.5) is 27.9 Å². The number of Topliss-reactive ketones (excluding diaryl/α,β-unsaturated/α-hetero) is 1. The maximum absolute atomic E-state index is 13.7. The van der Waals surface area contributed by atoms with Crippen molar-refractivity contribution < 1.29 is 26.7 Å². The van der Waals surface area contributed by atoms with Crippen molar-refractivity contribution in [3.05, 3.63) is 52.5 Å². The quantitative estimate of drug-likeness (QED) is 0.780. The third kappa shape index (κ3) is 2.65. The van der Waals surface area contributed by atoms with E-state index in [1.807, 2.05) is 0 Å². The van der Waals surface area contributed by atoms with Crippen LogP contribution in [0.5, 0.6) is 0 Å². The smallest absolute Gasteiger partial charge is 0.328 e. The average Bonchev–Trinajstić information content (AvgIpc) is 2.96. The molecule has 0 fully saturated rings. The lowest BCUT2D eigenvalue weighted by Crippen LogP contribution is -2.31. The Labute approximate surface area is 143 Å². The highest BCUT2D eigenvalue weighted by atomic mass is 19.4. The fourth-order valence-electron chi connectivity index (χ4n) is 3.32. The molecule has 2 aliphatic rings. The molecule has 1 N–H and O–H groups in total. The van der Waals surface area contributed by atoms with Crippen molar-refractivity contribution in [2.24, 2.45) is 0 Å². The van der Waals surface area contributed by atoms with Gasteiger partial charge in [0.05, 0.1) is 0 Å². The van der Waals surface area contributed by atoms with E-state index in [0.29, 0.717) is 24.6 Å². The lowest BCUT2D eigenvalue weighted by Gasteiger charge is -2.32. The number of alkyl halides is 3. The van der Waals surface area contributed by atoms with Crippen LogP contribution in [0.3, 0.4) is 0 Å². The molecule has 0 amide bonds. The van der Waals surface area contributed by atoms with Crippen LogP contribution in [0.15, 0.2) is 29.5 Å². The van der Waals surface area contributed by atoms with Crippen molar-refractivity contribution in [1.82, 2.24) is 14.8 Å². The van der Waals surface area contributed by atoms with Gasteiger partial charge in [-0.05, 0) is 30.5 Å². The van der Waals surface area contributed by atoms with Crippen molar-refractivity contribution in [3.8, 4) is 0 Å². The molecule has 136 valence electrons. The van der Waals surface area contributed by atoms with E-state index in [2.05, 4.69) is 15.4 Å². The van der Waals surface area contributed by atoms with Crippen molar-refractivity contribution >= 4 is 11.7 Å². The number of fused-ring (bicyclic) bond motifs is 1. The van der Waals surface area contributed by atoms with Crippen LogP contribution in [0, 0.1) is 11.6 Å². The maximum Gasteiger partial charge on any atom is 0.453 e. The number of rotatable bonds is 1. The molecular weight excluding hydrogens is 359 g/mol. The average molecular weight is 370 g/mol. The van der Waals surface area contributed by atoms with Crippen LogP contribution in [0.2, 0.25) is 0 Å². The molecule has 0 bridgehead atoms. The summed E-state index contributed by atoms with van der Waals surface area (Å²) < 4.78 is 67.3. The summed E-state index contributed by atoms with van der Waals surface area (Å²) in [5, 5.41) is 6.16. The third-order valence-electron chi connectivity index (χ3n) is 4.32. The molecule has 2 aromatic rings. The summed E-state index contributed by atoms with van der Waals surface area (Å²) in [7, 11) is 0. The highest BCUT2D eigenvalue weighted by Gasteiger charge is 2.42. The van der Waals surface area contributed by atoms with Gasteiger partial charge in [-0.15, -0.1) is 5.10 Å². The second-order valence-electron chi connectivity index (χ2n) is 6.10. The van der Waals surface area contributed by atoms with Crippen molar-refractivity contribution in [2.75, 3.05) is 5.32 Å². The Kier molecular flexibility index (Phi) is 3.60. The zero-order chi connectivity index (χ0) is 18.6. The summed E-state index contributed by atoms with van der Waals surface area (Å²) in [6.45, 7) is 0. The Morgan fingerprint density at radius 1 is 1.12 bits per heavy atom. The number of nitrogens with one attached hydrogen (secondary N) is 1. The van der Waals surface area contributed by atoms with Gasteiger partial charge in [0, 0.05) is 23.8 Å². The highest BCUT2D eigenvalue weighted by Crippen LogP contribution is 2.41. The number of hydrogen-bond acceptors (Lipinski definition) is 4. The van der Waals surface area contributed by atoms with Crippen molar-refractivity contribution in [2.45, 2.75) is 31.5 Å². The summed E-state index contributed by atoms with van der Waals surface area (Å²) in [5.74, 6) is -3.72. The number of halogens is 5. The molecule has 1 aromatic heterocycles. The summed E-state index contributed by atoms with van der Waals surface area (Å²) in [6, 6.07) is 1.42. The number of hydrogen-bond donors (Lipinski definition) is 1. The number of carbonyl (C=O) groups excluding carboxylic acids is 1. The molecule has 2 heterocycles. The molecule has 1 aromatic carbocycles. The van der Waals surface area contributed by atoms with Gasteiger partial charge in [-0.3, -0.25) is 4.79 Å². The molecule has 1 atom stereocenters. The summed E-state index contributed by atoms with van der Waals surface area (Å²) >= 11 is 0. The lowest BCUT2D eigenvalue weighted by molar-refractivity contribution is -0.145. The lowest BCUT2D eigenvalue weighted by atomic mass is 9.85. The van der Waals surface area contributed by atoms with Crippen molar-refractivity contribution in [3.63, 3.8) is 0 Å². The van der Waals surface area contributed by atoms with E-state index >= 15 is 0 Å². The van der Waals surface area contributed by atoms with E-state index < -0.39 is 29.7 Å². The van der Waals surface area contributed by atoms with Gasteiger partial charge < -0.3 is 5.32 Å². The van der Waals surface area contributed by atoms with Crippen LogP contribution >= 0.6 is 0 Å². The largest absolute Gasteiger partial charge is 0.453 e. The minimum absolute atomic E-state index is 0.00776. The van der Waals surface area contributed by atoms with Crippen LogP contribution < -0.4 is 5.32 Å². The minimum atomic E-state index is -4.80. The molecule has 5 nitrogen and oxygen atoms in total. The molecule has 0 saturated carbocycles. The fraction of sp³-hybridized carbons (Fsp3) is 0.312. The molecule has 1 aliphatic carbocycles. The third-order valence-corrected chi connectivity index (χ3v) is 4.32. The number of benzene rings is 1. The molecule has 0 saturated heterocycles. The Morgan fingerprint density at radius 3 is 2.46 bits per heavy atom. The zero-order valence-corrected chi connectivity index (χ0v) is 13.1. The topological polar surface area (TPSA) is 59.8 Å². The molecule has 26 heavy (non-hydrogen) atoms. The first-order chi connectivity index (χ1) is 12.2. The van der Waals surface area contributed by atoms with E-state index in [1.165, 1.54) is 0 Å². The SMILES string of the molecule is O=C1CCCC2=C1[C@H](c1cc(F)cc(F)c1)n1nc(C(F)(F)F)nc1N2.